The van der Waals surface area contributed by atoms with Gasteiger partial charge < -0.3 is 14.3 Å². The first-order chi connectivity index (χ1) is 27.2. The molecule has 0 saturated carbocycles. The molecule has 0 amide bonds. The number of nitrogens with one attached hydrogen (secondary N) is 1. The summed E-state index contributed by atoms with van der Waals surface area (Å²) in [7, 11) is 2.38. The van der Waals surface area contributed by atoms with Crippen LogP contribution in [0.5, 0.6) is 0 Å². The topological polar surface area (TPSA) is 30.1 Å². The van der Waals surface area contributed by atoms with E-state index in [1.807, 2.05) is 6.07 Å². The van der Waals surface area contributed by atoms with Crippen molar-refractivity contribution in [2.24, 2.45) is 0 Å². The lowest BCUT2D eigenvalue weighted by molar-refractivity contribution is 0.632. The third-order valence-electron chi connectivity index (χ3n) is 11.1. The SMILES string of the molecule is Cc1ccc(Nc2ccccc2-c2cc(-c3ccccc3-c3ccccc3)c3c4ccccc4n4c3c2[B]c2cc3oc(-c5ccccc5)cc3cc2-4)cc1. The molecule has 10 aromatic rings. The number of fused-ring (bicyclic) bond motifs is 6. The van der Waals surface area contributed by atoms with Gasteiger partial charge in [-0.25, -0.2) is 0 Å². The van der Waals surface area contributed by atoms with E-state index < -0.39 is 0 Å². The van der Waals surface area contributed by atoms with Gasteiger partial charge in [-0.15, -0.1) is 0 Å². The van der Waals surface area contributed by atoms with Crippen LogP contribution in [-0.2, 0) is 0 Å². The summed E-state index contributed by atoms with van der Waals surface area (Å²) < 4.78 is 9.05. The van der Waals surface area contributed by atoms with Gasteiger partial charge in [-0.2, -0.15) is 0 Å². The van der Waals surface area contributed by atoms with Gasteiger partial charge in [0, 0.05) is 49.9 Å². The van der Waals surface area contributed by atoms with Crippen molar-refractivity contribution in [1.29, 1.82) is 0 Å². The van der Waals surface area contributed by atoms with Crippen LogP contribution in [0.25, 0.3) is 83.2 Å². The van der Waals surface area contributed by atoms with E-state index in [0.717, 1.165) is 50.4 Å². The molecule has 1 N–H and O–H groups in total. The number of hydrogen-bond donors (Lipinski definition) is 1. The maximum Gasteiger partial charge on any atom is 0.198 e. The molecule has 0 atom stereocenters. The summed E-state index contributed by atoms with van der Waals surface area (Å²) in [5.41, 5.74) is 18.3. The lowest BCUT2D eigenvalue weighted by Gasteiger charge is -2.25. The highest BCUT2D eigenvalue weighted by Crippen LogP contribution is 2.45. The smallest absolute Gasteiger partial charge is 0.198 e. The molecular weight excluding hydrogens is 667 g/mol. The second kappa shape index (κ2) is 12.5. The van der Waals surface area contributed by atoms with Gasteiger partial charge in [-0.3, -0.25) is 0 Å². The zero-order valence-electron chi connectivity index (χ0n) is 30.3. The lowest BCUT2D eigenvalue weighted by atomic mass is 9.58. The van der Waals surface area contributed by atoms with Crippen molar-refractivity contribution in [2.45, 2.75) is 6.92 Å². The Labute approximate surface area is 320 Å². The van der Waals surface area contributed by atoms with Crippen molar-refractivity contribution >= 4 is 62.4 Å². The zero-order valence-corrected chi connectivity index (χ0v) is 30.3. The summed E-state index contributed by atoms with van der Waals surface area (Å²) in [5.74, 6) is 0.870. The molecule has 257 valence electrons. The number of hydrogen-bond acceptors (Lipinski definition) is 2. The average Bonchev–Trinajstić information content (AvgIpc) is 3.82. The minimum Gasteiger partial charge on any atom is -0.456 e. The van der Waals surface area contributed by atoms with Gasteiger partial charge in [-0.05, 0) is 88.7 Å². The Bertz CT molecular complexity index is 3090. The van der Waals surface area contributed by atoms with Gasteiger partial charge in [0.1, 0.15) is 11.3 Å². The van der Waals surface area contributed by atoms with Gasteiger partial charge in [0.05, 0.1) is 5.52 Å². The molecule has 0 fully saturated rings. The fourth-order valence-corrected chi connectivity index (χ4v) is 8.53. The molecule has 0 saturated heterocycles. The quantitative estimate of drug-likeness (QED) is 0.175. The molecule has 1 radical (unpaired) electrons. The number of benzene rings is 8. The highest BCUT2D eigenvalue weighted by Gasteiger charge is 2.30. The molecule has 0 aliphatic carbocycles. The molecule has 4 heteroatoms. The van der Waals surface area contributed by atoms with E-state index in [9.17, 15) is 0 Å². The van der Waals surface area contributed by atoms with E-state index in [2.05, 4.69) is 200 Å². The van der Waals surface area contributed by atoms with Crippen molar-refractivity contribution in [1.82, 2.24) is 4.57 Å². The Morgan fingerprint density at radius 3 is 2.02 bits per heavy atom. The van der Waals surface area contributed by atoms with Crippen LogP contribution in [0.1, 0.15) is 5.56 Å². The van der Waals surface area contributed by atoms with Crippen LogP contribution in [0.3, 0.4) is 0 Å². The van der Waals surface area contributed by atoms with Crippen LogP contribution < -0.4 is 16.2 Å². The molecule has 1 aliphatic heterocycles. The van der Waals surface area contributed by atoms with E-state index in [1.165, 1.54) is 60.6 Å². The largest absolute Gasteiger partial charge is 0.456 e. The highest BCUT2D eigenvalue weighted by molar-refractivity contribution is 6.74. The highest BCUT2D eigenvalue weighted by atomic mass is 16.3. The number of anilines is 2. The van der Waals surface area contributed by atoms with Crippen LogP contribution in [0.4, 0.5) is 11.4 Å². The fourth-order valence-electron chi connectivity index (χ4n) is 8.53. The van der Waals surface area contributed by atoms with Crippen molar-refractivity contribution in [2.75, 3.05) is 5.32 Å². The number of rotatable bonds is 6. The Kier molecular flexibility index (Phi) is 7.18. The number of aryl methyl sites for hydroxylation is 1. The van der Waals surface area contributed by atoms with Crippen molar-refractivity contribution in [3.05, 3.63) is 188 Å². The van der Waals surface area contributed by atoms with Crippen LogP contribution >= 0.6 is 0 Å². The monoisotopic (exact) mass is 701 g/mol. The van der Waals surface area contributed by atoms with E-state index in [1.54, 1.807) is 0 Å². The van der Waals surface area contributed by atoms with E-state index in [0.29, 0.717) is 0 Å². The van der Waals surface area contributed by atoms with Crippen LogP contribution in [0.15, 0.2) is 186 Å². The minimum atomic E-state index is 0.870. The normalized spacial score (nSPS) is 11.9. The van der Waals surface area contributed by atoms with Crippen LogP contribution in [0, 0.1) is 6.92 Å². The predicted octanol–water partition coefficient (Wildman–Crippen LogP) is 12.2. The molecule has 55 heavy (non-hydrogen) atoms. The molecular formula is C51H34BN2O. The summed E-state index contributed by atoms with van der Waals surface area (Å²) in [5, 5.41) is 7.34. The fraction of sp³-hybridized carbons (Fsp3) is 0.0196. The van der Waals surface area contributed by atoms with E-state index in [4.69, 9.17) is 4.42 Å². The Morgan fingerprint density at radius 1 is 0.545 bits per heavy atom. The molecule has 0 bridgehead atoms. The molecule has 11 rings (SSSR count). The summed E-state index contributed by atoms with van der Waals surface area (Å²) in [6, 6.07) is 65.3. The summed E-state index contributed by atoms with van der Waals surface area (Å²) in [6.07, 6.45) is 0. The third-order valence-corrected chi connectivity index (χ3v) is 11.1. The first-order valence-corrected chi connectivity index (χ1v) is 18.8. The van der Waals surface area contributed by atoms with Gasteiger partial charge in [0.15, 0.2) is 7.28 Å². The molecule has 1 aliphatic rings. The summed E-state index contributed by atoms with van der Waals surface area (Å²) >= 11 is 0. The molecule has 8 aromatic carbocycles. The summed E-state index contributed by atoms with van der Waals surface area (Å²) in [4.78, 5) is 0. The average molecular weight is 702 g/mol. The van der Waals surface area contributed by atoms with Gasteiger partial charge in [-0.1, -0.05) is 144 Å². The molecule has 2 aromatic heterocycles. The first kappa shape index (κ1) is 31.5. The second-order valence-electron chi connectivity index (χ2n) is 14.5. The lowest BCUT2D eigenvalue weighted by Crippen LogP contribution is -2.37. The van der Waals surface area contributed by atoms with Crippen LogP contribution in [-0.4, -0.2) is 11.8 Å². The van der Waals surface area contributed by atoms with E-state index in [-0.39, 0.29) is 0 Å². The first-order valence-electron chi connectivity index (χ1n) is 18.8. The van der Waals surface area contributed by atoms with Gasteiger partial charge >= 0.3 is 0 Å². The zero-order chi connectivity index (χ0) is 36.5. The van der Waals surface area contributed by atoms with Gasteiger partial charge in [0.25, 0.3) is 0 Å². The van der Waals surface area contributed by atoms with Gasteiger partial charge in [0.2, 0.25) is 0 Å². The number of para-hydroxylation sites is 2. The Balaban J connectivity index is 1.23. The number of nitrogens with zero attached hydrogens (tertiary/aromatic N) is 1. The van der Waals surface area contributed by atoms with Crippen molar-refractivity contribution < 1.29 is 4.42 Å². The van der Waals surface area contributed by atoms with Crippen molar-refractivity contribution in [3.8, 4) is 50.4 Å². The molecule has 0 unspecified atom stereocenters. The maximum absolute atomic E-state index is 6.55. The predicted molar refractivity (Wildman–Crippen MR) is 232 cm³/mol. The third kappa shape index (κ3) is 5.14. The molecule has 0 spiro atoms. The molecule has 3 heterocycles. The van der Waals surface area contributed by atoms with Crippen molar-refractivity contribution in [3.63, 3.8) is 0 Å². The second-order valence-corrected chi connectivity index (χ2v) is 14.5. The Morgan fingerprint density at radius 2 is 1.22 bits per heavy atom. The number of furan rings is 1. The standard InChI is InChI=1S/C51H34BN2O/c1-32-24-26-36(27-25-32)53-44-22-12-10-20-39(44)42-30-41(38-19-9-8-18-37(38)33-14-4-2-5-15-33)49-40-21-11-13-23-45(40)54-46-28-35-29-47(34-16-6-3-7-17-34)55-48(35)31-43(46)52-50(42)51(49)54/h2-31,53H,1H3. The minimum absolute atomic E-state index is 0.870. The molecule has 3 nitrogen and oxygen atoms in total. The van der Waals surface area contributed by atoms with E-state index >= 15 is 0 Å². The van der Waals surface area contributed by atoms with Crippen LogP contribution in [0.2, 0.25) is 0 Å². The number of aromatic nitrogens is 1. The summed E-state index contributed by atoms with van der Waals surface area (Å²) in [6.45, 7) is 2.12. The Hall–Kier alpha value is -7.04. The maximum atomic E-state index is 6.55.